The van der Waals surface area contributed by atoms with Gasteiger partial charge >= 0.3 is 0 Å². The molecule has 106 valence electrons. The number of rotatable bonds is 2. The molecule has 0 aromatic carbocycles. The van der Waals surface area contributed by atoms with E-state index in [4.69, 9.17) is 5.73 Å². The summed E-state index contributed by atoms with van der Waals surface area (Å²) in [5, 5.41) is 10.5. The number of nitrogens with two attached hydrogens (primary N) is 1. The number of hydrogen-bond acceptors (Lipinski definition) is 6. The van der Waals surface area contributed by atoms with E-state index < -0.39 is 9.84 Å². The van der Waals surface area contributed by atoms with E-state index in [1.54, 1.807) is 6.07 Å². The zero-order valence-corrected chi connectivity index (χ0v) is 11.3. The molecule has 0 spiro atoms. The van der Waals surface area contributed by atoms with Crippen LogP contribution in [0.25, 0.3) is 11.4 Å². The summed E-state index contributed by atoms with van der Waals surface area (Å²) in [5.41, 5.74) is 6.57. The van der Waals surface area contributed by atoms with Crippen LogP contribution in [0.1, 0.15) is 12.5 Å². The van der Waals surface area contributed by atoms with Crippen molar-refractivity contribution in [3.05, 3.63) is 28.6 Å². The Morgan fingerprint density at radius 2 is 2.15 bits per heavy atom. The van der Waals surface area contributed by atoms with Crippen molar-refractivity contribution in [1.82, 2.24) is 20.0 Å². The van der Waals surface area contributed by atoms with Crippen LogP contribution in [-0.4, -0.2) is 39.9 Å². The third-order valence-corrected chi connectivity index (χ3v) is 5.01. The fourth-order valence-electron chi connectivity index (χ4n) is 2.28. The maximum Gasteiger partial charge on any atom is 0.264 e. The number of aromatic amines is 1. The maximum atomic E-state index is 11.5. The third-order valence-electron chi connectivity index (χ3n) is 3.26. The number of hydrogen-bond donors (Lipinski definition) is 2. The molecule has 9 heteroatoms. The van der Waals surface area contributed by atoms with Gasteiger partial charge in [0.1, 0.15) is 17.2 Å². The minimum Gasteiger partial charge on any atom is -0.384 e. The summed E-state index contributed by atoms with van der Waals surface area (Å²) in [4.78, 5) is 11.0. The van der Waals surface area contributed by atoms with Gasteiger partial charge in [-0.2, -0.15) is 10.2 Å². The number of nitrogen functional groups attached to an aromatic ring is 1. The predicted molar refractivity (Wildman–Crippen MR) is 72.8 cm³/mol. The van der Waals surface area contributed by atoms with Gasteiger partial charge in [0.2, 0.25) is 0 Å². The van der Waals surface area contributed by atoms with E-state index in [0.29, 0.717) is 23.6 Å². The normalized spacial score (nSPS) is 21.1. The lowest BCUT2D eigenvalue weighted by molar-refractivity contribution is 0.508. The molecular formula is C11H13N5O3S. The second-order valence-electron chi connectivity index (χ2n) is 4.76. The standard InChI is InChI=1S/C11H13N5O3S/c12-10-5-9(8-1-2-11(17)14-13-8)15-16(10)7-3-4-20(18,19)6-7/h1-2,5,7H,3-4,6,12H2,(H,14,17). The molecule has 1 atom stereocenters. The van der Waals surface area contributed by atoms with Crippen molar-refractivity contribution in [2.45, 2.75) is 12.5 Å². The van der Waals surface area contributed by atoms with Gasteiger partial charge in [-0.3, -0.25) is 4.79 Å². The van der Waals surface area contributed by atoms with E-state index >= 15 is 0 Å². The molecule has 3 heterocycles. The lowest BCUT2D eigenvalue weighted by Crippen LogP contribution is -2.14. The highest BCUT2D eigenvalue weighted by Gasteiger charge is 2.31. The second kappa shape index (κ2) is 4.44. The van der Waals surface area contributed by atoms with Crippen LogP contribution in [0.5, 0.6) is 0 Å². The zero-order valence-electron chi connectivity index (χ0n) is 10.5. The summed E-state index contributed by atoms with van der Waals surface area (Å²) in [7, 11) is -3.00. The second-order valence-corrected chi connectivity index (χ2v) is 6.99. The SMILES string of the molecule is Nc1cc(-c2ccc(=O)[nH]n2)nn1C1CCS(=O)(=O)C1. The summed E-state index contributed by atoms with van der Waals surface area (Å²) in [6.07, 6.45) is 0.507. The predicted octanol–water partition coefficient (Wildman–Crippen LogP) is -0.425. The molecule has 1 unspecified atom stereocenters. The first-order valence-electron chi connectivity index (χ1n) is 6.06. The fourth-order valence-corrected chi connectivity index (χ4v) is 3.97. The molecule has 2 aromatic heterocycles. The Labute approximate surface area is 114 Å². The van der Waals surface area contributed by atoms with Gasteiger partial charge in [0.05, 0.1) is 17.5 Å². The molecule has 1 fully saturated rings. The average Bonchev–Trinajstić information content (AvgIpc) is 2.93. The van der Waals surface area contributed by atoms with E-state index in [2.05, 4.69) is 15.3 Å². The van der Waals surface area contributed by atoms with Crippen LogP contribution in [-0.2, 0) is 9.84 Å². The summed E-state index contributed by atoms with van der Waals surface area (Å²) in [5.74, 6) is 0.593. The molecule has 0 amide bonds. The number of H-pyrrole nitrogens is 1. The highest BCUT2D eigenvalue weighted by atomic mass is 32.2. The van der Waals surface area contributed by atoms with E-state index in [1.165, 1.54) is 16.8 Å². The van der Waals surface area contributed by atoms with Crippen molar-refractivity contribution < 1.29 is 8.42 Å². The number of anilines is 1. The molecule has 1 aliphatic rings. The Hall–Kier alpha value is -2.16. The van der Waals surface area contributed by atoms with E-state index in [1.807, 2.05) is 0 Å². The quantitative estimate of drug-likeness (QED) is 0.775. The van der Waals surface area contributed by atoms with Gasteiger partial charge in [-0.1, -0.05) is 0 Å². The monoisotopic (exact) mass is 295 g/mol. The summed E-state index contributed by atoms with van der Waals surface area (Å²) in [6.45, 7) is 0. The van der Waals surface area contributed by atoms with Crippen LogP contribution in [0, 0.1) is 0 Å². The molecule has 3 rings (SSSR count). The lowest BCUT2D eigenvalue weighted by atomic mass is 10.3. The molecule has 0 saturated carbocycles. The van der Waals surface area contributed by atoms with E-state index in [0.717, 1.165) is 0 Å². The van der Waals surface area contributed by atoms with Gasteiger partial charge in [0.15, 0.2) is 9.84 Å². The first-order chi connectivity index (χ1) is 9.44. The molecule has 2 aromatic rings. The van der Waals surface area contributed by atoms with E-state index in [9.17, 15) is 13.2 Å². The Morgan fingerprint density at radius 3 is 2.75 bits per heavy atom. The van der Waals surface area contributed by atoms with Crippen LogP contribution in [0.2, 0.25) is 0 Å². The minimum atomic E-state index is -3.00. The Kier molecular flexibility index (Phi) is 2.85. The van der Waals surface area contributed by atoms with Crippen LogP contribution in [0.3, 0.4) is 0 Å². The van der Waals surface area contributed by atoms with Crippen molar-refractivity contribution in [1.29, 1.82) is 0 Å². The third kappa shape index (κ3) is 2.31. The minimum absolute atomic E-state index is 0.0529. The van der Waals surface area contributed by atoms with Crippen molar-refractivity contribution >= 4 is 15.7 Å². The van der Waals surface area contributed by atoms with Gasteiger partial charge in [-0.05, 0) is 12.5 Å². The van der Waals surface area contributed by atoms with Gasteiger partial charge in [-0.15, -0.1) is 0 Å². The molecule has 0 aliphatic carbocycles. The van der Waals surface area contributed by atoms with Crippen molar-refractivity contribution in [2.75, 3.05) is 17.2 Å². The Bertz CT molecular complexity index is 787. The van der Waals surface area contributed by atoms with Crippen LogP contribution in [0.4, 0.5) is 5.82 Å². The van der Waals surface area contributed by atoms with Gasteiger partial charge in [0.25, 0.3) is 5.56 Å². The summed E-state index contributed by atoms with van der Waals surface area (Å²) in [6, 6.07) is 4.26. The zero-order chi connectivity index (χ0) is 14.3. The van der Waals surface area contributed by atoms with Crippen LogP contribution in [0.15, 0.2) is 23.0 Å². The first-order valence-corrected chi connectivity index (χ1v) is 7.88. The molecule has 1 aliphatic heterocycles. The van der Waals surface area contributed by atoms with Gasteiger partial charge in [0, 0.05) is 12.1 Å². The Balaban J connectivity index is 1.95. The smallest absolute Gasteiger partial charge is 0.264 e. The van der Waals surface area contributed by atoms with Crippen molar-refractivity contribution in [3.8, 4) is 11.4 Å². The largest absolute Gasteiger partial charge is 0.384 e. The number of nitrogens with zero attached hydrogens (tertiary/aromatic N) is 3. The molecule has 1 saturated heterocycles. The number of nitrogens with one attached hydrogen (secondary N) is 1. The van der Waals surface area contributed by atoms with Gasteiger partial charge < -0.3 is 5.73 Å². The molecular weight excluding hydrogens is 282 g/mol. The lowest BCUT2D eigenvalue weighted by Gasteiger charge is -2.09. The Morgan fingerprint density at radius 1 is 1.35 bits per heavy atom. The highest BCUT2D eigenvalue weighted by molar-refractivity contribution is 7.91. The van der Waals surface area contributed by atoms with Gasteiger partial charge in [-0.25, -0.2) is 18.2 Å². The van der Waals surface area contributed by atoms with Crippen molar-refractivity contribution in [2.24, 2.45) is 0 Å². The molecule has 20 heavy (non-hydrogen) atoms. The van der Waals surface area contributed by atoms with Crippen molar-refractivity contribution in [3.63, 3.8) is 0 Å². The van der Waals surface area contributed by atoms with Crippen LogP contribution >= 0.6 is 0 Å². The number of sulfone groups is 1. The highest BCUT2D eigenvalue weighted by Crippen LogP contribution is 2.27. The topological polar surface area (TPSA) is 124 Å². The number of aromatic nitrogens is 4. The average molecular weight is 295 g/mol. The summed E-state index contributed by atoms with van der Waals surface area (Å²) < 4.78 is 24.5. The maximum absolute atomic E-state index is 11.5. The molecule has 0 radical (unpaired) electrons. The first kappa shape index (κ1) is 12.9. The molecule has 3 N–H and O–H groups in total. The van der Waals surface area contributed by atoms with Crippen LogP contribution < -0.4 is 11.3 Å². The fraction of sp³-hybridized carbons (Fsp3) is 0.364. The summed E-state index contributed by atoms with van der Waals surface area (Å²) >= 11 is 0. The van der Waals surface area contributed by atoms with E-state index in [-0.39, 0.29) is 23.1 Å². The molecule has 0 bridgehead atoms. The molecule has 8 nitrogen and oxygen atoms in total.